The molecule has 1 aromatic carbocycles. The van der Waals surface area contributed by atoms with Crippen LogP contribution < -0.4 is 5.76 Å². The van der Waals surface area contributed by atoms with E-state index in [0.717, 1.165) is 35.1 Å². The number of carbonyl (C=O) groups is 1. The highest BCUT2D eigenvalue weighted by Crippen LogP contribution is 2.47. The SMILES string of the molecule is N#Cc1ccc(Cn2ccc3cc(-c4c5c(nc(CCc6ccc(F)cc6)c4-c4n[nH]c(=O)o4)[C@@H]4CCCN4C5=O)cnc32)nc1. The first-order valence-corrected chi connectivity index (χ1v) is 14.9. The van der Waals surface area contributed by atoms with Crippen LogP contribution in [0, 0.1) is 17.1 Å². The Balaban J connectivity index is 1.28. The Morgan fingerprint density at radius 1 is 1.02 bits per heavy atom. The summed E-state index contributed by atoms with van der Waals surface area (Å²) in [4.78, 5) is 42.3. The van der Waals surface area contributed by atoms with Gasteiger partial charge in [-0.05, 0) is 67.6 Å². The molecular weight excluding hydrogens is 587 g/mol. The minimum Gasteiger partial charge on any atom is -0.388 e. The number of amides is 1. The van der Waals surface area contributed by atoms with Gasteiger partial charge in [0.25, 0.3) is 11.8 Å². The summed E-state index contributed by atoms with van der Waals surface area (Å²) in [5.41, 5.74) is 6.40. The number of carbonyl (C=O) groups excluding carboxylic acids is 1. The summed E-state index contributed by atoms with van der Waals surface area (Å²) in [6.45, 7) is 1.10. The van der Waals surface area contributed by atoms with Gasteiger partial charge in [-0.3, -0.25) is 14.8 Å². The molecule has 5 aromatic heterocycles. The van der Waals surface area contributed by atoms with Crippen LogP contribution in [-0.2, 0) is 19.4 Å². The first-order valence-electron chi connectivity index (χ1n) is 14.9. The highest BCUT2D eigenvalue weighted by molar-refractivity contribution is 6.08. The van der Waals surface area contributed by atoms with Crippen LogP contribution in [0.25, 0.3) is 33.6 Å². The minimum atomic E-state index is -0.722. The minimum absolute atomic E-state index is 0.0359. The number of benzene rings is 1. The van der Waals surface area contributed by atoms with Gasteiger partial charge in [0.1, 0.15) is 17.5 Å². The number of halogens is 1. The second-order valence-electron chi connectivity index (χ2n) is 11.5. The van der Waals surface area contributed by atoms with Gasteiger partial charge in [-0.1, -0.05) is 12.1 Å². The Hall–Kier alpha value is -5.96. The van der Waals surface area contributed by atoms with Crippen LogP contribution in [0.2, 0.25) is 0 Å². The molecule has 0 saturated carbocycles. The molecule has 1 fully saturated rings. The Morgan fingerprint density at radius 3 is 2.65 bits per heavy atom. The van der Waals surface area contributed by atoms with E-state index >= 15 is 0 Å². The number of rotatable bonds is 7. The highest BCUT2D eigenvalue weighted by Gasteiger charge is 2.44. The third kappa shape index (κ3) is 4.64. The summed E-state index contributed by atoms with van der Waals surface area (Å²) in [5, 5.41) is 16.5. The zero-order chi connectivity index (χ0) is 31.4. The van der Waals surface area contributed by atoms with Crippen molar-refractivity contribution in [1.29, 1.82) is 5.26 Å². The van der Waals surface area contributed by atoms with Crippen LogP contribution in [0.1, 0.15) is 57.5 Å². The van der Waals surface area contributed by atoms with Gasteiger partial charge in [0, 0.05) is 41.6 Å². The van der Waals surface area contributed by atoms with Crippen molar-refractivity contribution in [2.75, 3.05) is 6.54 Å². The van der Waals surface area contributed by atoms with E-state index in [2.05, 4.69) is 21.3 Å². The van der Waals surface area contributed by atoms with Crippen molar-refractivity contribution in [3.8, 4) is 28.7 Å². The Morgan fingerprint density at radius 2 is 1.89 bits per heavy atom. The summed E-state index contributed by atoms with van der Waals surface area (Å²) in [6.07, 6.45) is 7.85. The zero-order valence-corrected chi connectivity index (χ0v) is 24.4. The van der Waals surface area contributed by atoms with Gasteiger partial charge in [-0.15, -0.1) is 5.10 Å². The van der Waals surface area contributed by atoms with Crippen molar-refractivity contribution in [1.82, 2.24) is 34.6 Å². The van der Waals surface area contributed by atoms with Crippen LogP contribution in [0.3, 0.4) is 0 Å². The van der Waals surface area contributed by atoms with Crippen molar-refractivity contribution < 1.29 is 13.6 Å². The fourth-order valence-electron chi connectivity index (χ4n) is 6.60. The largest absolute Gasteiger partial charge is 0.434 e. The maximum absolute atomic E-state index is 14.0. The summed E-state index contributed by atoms with van der Waals surface area (Å²) < 4.78 is 21.1. The van der Waals surface area contributed by atoms with E-state index in [4.69, 9.17) is 19.6 Å². The fraction of sp³-hybridized carbons (Fsp3) is 0.206. The lowest BCUT2D eigenvalue weighted by Crippen LogP contribution is -2.23. The van der Waals surface area contributed by atoms with E-state index in [1.54, 1.807) is 30.6 Å². The van der Waals surface area contributed by atoms with Gasteiger partial charge in [0.05, 0.1) is 46.4 Å². The number of hydrogen-bond acceptors (Lipinski definition) is 8. The first kappa shape index (κ1) is 27.6. The molecule has 1 saturated heterocycles. The van der Waals surface area contributed by atoms with Crippen molar-refractivity contribution >= 4 is 16.9 Å². The van der Waals surface area contributed by atoms with Crippen LogP contribution in [0.4, 0.5) is 4.39 Å². The number of aryl methyl sites for hydroxylation is 2. The second kappa shape index (κ2) is 10.9. The normalized spacial score (nSPS) is 15.3. The molecule has 0 radical (unpaired) electrons. The fourth-order valence-corrected chi connectivity index (χ4v) is 6.60. The van der Waals surface area contributed by atoms with Gasteiger partial charge in [-0.2, -0.15) is 5.26 Å². The van der Waals surface area contributed by atoms with Crippen molar-refractivity contribution in [2.24, 2.45) is 0 Å². The average molecular weight is 613 g/mol. The van der Waals surface area contributed by atoms with Crippen molar-refractivity contribution in [3.63, 3.8) is 0 Å². The van der Waals surface area contributed by atoms with E-state index in [0.29, 0.717) is 65.1 Å². The lowest BCUT2D eigenvalue weighted by atomic mass is 9.90. The maximum Gasteiger partial charge on any atom is 0.434 e. The molecule has 0 spiro atoms. The molecule has 46 heavy (non-hydrogen) atoms. The lowest BCUT2D eigenvalue weighted by molar-refractivity contribution is 0.0776. The number of hydrogen-bond donors (Lipinski definition) is 1. The summed E-state index contributed by atoms with van der Waals surface area (Å²) in [5.74, 6) is -1.12. The molecule has 8 rings (SSSR count). The standard InChI is InChI=1S/C34H25FN8O3/c35-23-7-3-19(4-8-23)6-10-25-28(32-40-41-34(45)46-32)27(29-30(39-25)26-2-1-12-43(26)33(29)44)22-14-21-11-13-42(31(21)38-17-22)18-24-9-5-20(15-36)16-37-24/h3-5,7-9,11,13-14,16-17,26H,1-2,6,10,12,18H2,(H,41,45)/t26-/m0/s1. The predicted octanol–water partition coefficient (Wildman–Crippen LogP) is 4.97. The van der Waals surface area contributed by atoms with Crippen LogP contribution in [0.15, 0.2) is 76.3 Å². The summed E-state index contributed by atoms with van der Waals surface area (Å²) in [6, 6.07) is 15.7. The van der Waals surface area contributed by atoms with E-state index in [1.807, 2.05) is 33.9 Å². The smallest absolute Gasteiger partial charge is 0.388 e. The van der Waals surface area contributed by atoms with Gasteiger partial charge in [0.15, 0.2) is 0 Å². The molecule has 1 amide bonds. The average Bonchev–Trinajstić information content (AvgIpc) is 3.87. The number of pyridine rings is 3. The molecule has 7 heterocycles. The van der Waals surface area contributed by atoms with Gasteiger partial charge >= 0.3 is 5.76 Å². The third-order valence-corrected chi connectivity index (χ3v) is 8.74. The zero-order valence-electron chi connectivity index (χ0n) is 24.4. The first-order chi connectivity index (χ1) is 22.5. The number of nitrogens with one attached hydrogen (secondary N) is 1. The molecule has 0 unspecified atom stereocenters. The quantitative estimate of drug-likeness (QED) is 0.266. The van der Waals surface area contributed by atoms with Crippen LogP contribution >= 0.6 is 0 Å². The third-order valence-electron chi connectivity index (χ3n) is 8.74. The maximum atomic E-state index is 14.0. The van der Waals surface area contributed by atoms with E-state index in [9.17, 15) is 14.0 Å². The van der Waals surface area contributed by atoms with Gasteiger partial charge in [-0.25, -0.2) is 19.3 Å². The van der Waals surface area contributed by atoms with E-state index in [1.165, 1.54) is 12.1 Å². The van der Waals surface area contributed by atoms with E-state index in [-0.39, 0.29) is 23.7 Å². The lowest BCUT2D eigenvalue weighted by Gasteiger charge is -2.17. The molecule has 12 heteroatoms. The monoisotopic (exact) mass is 612 g/mol. The van der Waals surface area contributed by atoms with Crippen molar-refractivity contribution in [2.45, 2.75) is 38.3 Å². The summed E-state index contributed by atoms with van der Waals surface area (Å²) >= 11 is 0. The van der Waals surface area contributed by atoms with Gasteiger partial charge < -0.3 is 13.9 Å². The molecule has 11 nitrogen and oxygen atoms in total. The molecule has 2 aliphatic heterocycles. The van der Waals surface area contributed by atoms with Crippen LogP contribution in [-0.4, -0.2) is 47.1 Å². The Labute approximate surface area is 261 Å². The number of H-pyrrole nitrogens is 1. The van der Waals surface area contributed by atoms with E-state index < -0.39 is 5.76 Å². The molecule has 0 bridgehead atoms. The predicted molar refractivity (Wildman–Crippen MR) is 164 cm³/mol. The molecule has 6 aromatic rings. The molecule has 0 aliphatic carbocycles. The molecule has 226 valence electrons. The Bertz CT molecular complexity index is 2250. The van der Waals surface area contributed by atoms with Crippen LogP contribution in [0.5, 0.6) is 0 Å². The highest BCUT2D eigenvalue weighted by atomic mass is 19.1. The number of aromatic nitrogens is 6. The second-order valence-corrected chi connectivity index (χ2v) is 11.5. The number of nitriles is 1. The molecule has 1 atom stereocenters. The molecule has 2 aliphatic rings. The summed E-state index contributed by atoms with van der Waals surface area (Å²) in [7, 11) is 0. The molecular formula is C34H25FN8O3. The Kier molecular flexibility index (Phi) is 6.53. The molecule has 1 N–H and O–H groups in total. The number of nitrogens with zero attached hydrogens (tertiary/aromatic N) is 7. The topological polar surface area (TPSA) is 147 Å². The number of fused-ring (bicyclic) bond motifs is 4. The van der Waals surface area contributed by atoms with Crippen molar-refractivity contribution in [3.05, 3.63) is 117 Å². The number of aromatic amines is 1. The van der Waals surface area contributed by atoms with Gasteiger partial charge in [0.2, 0.25) is 0 Å².